The zero-order valence-electron chi connectivity index (χ0n) is 17.1. The number of carbonyl (C=O) groups is 1. The Morgan fingerprint density at radius 2 is 1.86 bits per heavy atom. The second-order valence-corrected chi connectivity index (χ2v) is 8.51. The first-order valence-electron chi connectivity index (χ1n) is 10.6. The van der Waals surface area contributed by atoms with E-state index in [0.717, 1.165) is 38.5 Å². The maximum atomic E-state index is 14.1. The lowest BCUT2D eigenvalue weighted by atomic mass is 9.88. The molecule has 2 aliphatic rings. The quantitative estimate of drug-likeness (QED) is 0.786. The van der Waals surface area contributed by atoms with Crippen molar-refractivity contribution in [3.8, 4) is 0 Å². The Morgan fingerprint density at radius 1 is 1.18 bits per heavy atom. The number of benzene rings is 1. The first-order chi connectivity index (χ1) is 13.5. The molecule has 156 valence electrons. The Balaban J connectivity index is 1.70. The third kappa shape index (κ3) is 5.22. The van der Waals surface area contributed by atoms with Crippen molar-refractivity contribution in [3.05, 3.63) is 35.4 Å². The molecule has 4 nitrogen and oxygen atoms in total. The largest absolute Gasteiger partial charge is 0.331 e. The Labute approximate surface area is 167 Å². The van der Waals surface area contributed by atoms with Crippen molar-refractivity contribution in [1.82, 2.24) is 15.1 Å². The molecule has 0 aromatic heterocycles. The summed E-state index contributed by atoms with van der Waals surface area (Å²) in [4.78, 5) is 17.4. The van der Waals surface area contributed by atoms with Crippen LogP contribution in [-0.2, 0) is 0 Å². The molecule has 0 bridgehead atoms. The van der Waals surface area contributed by atoms with Crippen molar-refractivity contribution in [2.75, 3.05) is 26.7 Å². The molecule has 1 aliphatic heterocycles. The van der Waals surface area contributed by atoms with Gasteiger partial charge < -0.3 is 15.1 Å². The van der Waals surface area contributed by atoms with Gasteiger partial charge in [0.25, 0.3) is 0 Å². The Bertz CT molecular complexity index is 655. The predicted octanol–water partition coefficient (Wildman–Crippen LogP) is 4.71. The lowest BCUT2D eigenvalue weighted by Gasteiger charge is -2.40. The summed E-state index contributed by atoms with van der Waals surface area (Å²) in [5, 5.41) is 2.93. The molecule has 1 saturated carbocycles. The van der Waals surface area contributed by atoms with Gasteiger partial charge in [-0.15, -0.1) is 0 Å². The lowest BCUT2D eigenvalue weighted by molar-refractivity contribution is 0.111. The van der Waals surface area contributed by atoms with E-state index in [4.69, 9.17) is 0 Å². The van der Waals surface area contributed by atoms with Gasteiger partial charge in [-0.25, -0.2) is 13.6 Å². The number of nitrogens with zero attached hydrogens (tertiary/aromatic N) is 2. The molecule has 2 amide bonds. The van der Waals surface area contributed by atoms with E-state index in [1.807, 2.05) is 4.90 Å². The van der Waals surface area contributed by atoms with Gasteiger partial charge in [0.1, 0.15) is 0 Å². The van der Waals surface area contributed by atoms with Gasteiger partial charge in [-0.05, 0) is 64.7 Å². The molecule has 1 aliphatic carbocycles. The number of carbonyl (C=O) groups excluding carboxylic acids is 1. The van der Waals surface area contributed by atoms with Crippen molar-refractivity contribution in [1.29, 1.82) is 0 Å². The summed E-state index contributed by atoms with van der Waals surface area (Å²) in [5.74, 6) is -1.22. The van der Waals surface area contributed by atoms with Crippen molar-refractivity contribution in [2.24, 2.45) is 5.92 Å². The van der Waals surface area contributed by atoms with Crippen LogP contribution >= 0.6 is 0 Å². The Kier molecular flexibility index (Phi) is 7.27. The van der Waals surface area contributed by atoms with Crippen LogP contribution in [0.5, 0.6) is 0 Å². The van der Waals surface area contributed by atoms with Crippen molar-refractivity contribution >= 4 is 6.03 Å². The molecule has 1 unspecified atom stereocenters. The van der Waals surface area contributed by atoms with Gasteiger partial charge in [-0.1, -0.05) is 31.4 Å². The summed E-state index contributed by atoms with van der Waals surface area (Å²) in [5.41, 5.74) is 0.189. The van der Waals surface area contributed by atoms with Crippen LogP contribution < -0.4 is 5.32 Å². The summed E-state index contributed by atoms with van der Waals surface area (Å²) in [6.45, 7) is 4.43. The lowest BCUT2D eigenvalue weighted by Crippen LogP contribution is -2.52. The maximum Gasteiger partial charge on any atom is 0.318 e. The maximum absolute atomic E-state index is 14.1. The minimum atomic E-state index is -0.882. The van der Waals surface area contributed by atoms with Crippen molar-refractivity contribution in [3.63, 3.8) is 0 Å². The minimum Gasteiger partial charge on any atom is -0.331 e. The highest BCUT2D eigenvalue weighted by Crippen LogP contribution is 2.27. The summed E-state index contributed by atoms with van der Waals surface area (Å²) in [6, 6.07) is 3.58. The average molecular weight is 394 g/mol. The smallest absolute Gasteiger partial charge is 0.318 e. The summed E-state index contributed by atoms with van der Waals surface area (Å²) < 4.78 is 27.7. The van der Waals surface area contributed by atoms with E-state index in [0.29, 0.717) is 5.92 Å². The number of rotatable bonds is 5. The summed E-state index contributed by atoms with van der Waals surface area (Å²) >= 11 is 0. The highest BCUT2D eigenvalue weighted by atomic mass is 19.2. The second kappa shape index (κ2) is 9.68. The van der Waals surface area contributed by atoms with Crippen molar-refractivity contribution < 1.29 is 13.6 Å². The number of hydrogen-bond donors (Lipinski definition) is 1. The number of piperidine rings is 1. The van der Waals surface area contributed by atoms with Gasteiger partial charge in [0.15, 0.2) is 11.6 Å². The van der Waals surface area contributed by atoms with Gasteiger partial charge in [-0.2, -0.15) is 0 Å². The van der Waals surface area contributed by atoms with Gasteiger partial charge in [0.05, 0.1) is 6.04 Å². The van der Waals surface area contributed by atoms with Crippen LogP contribution in [0, 0.1) is 17.6 Å². The molecule has 6 heteroatoms. The van der Waals surface area contributed by atoms with E-state index in [2.05, 4.69) is 17.3 Å². The topological polar surface area (TPSA) is 35.6 Å². The standard InChI is InChI=1S/C22H33F2N3O/c1-16(19-9-6-10-20(23)21(19)24)25-22(28)27(15-17-7-4-3-5-8-17)18-11-13-26(2)14-12-18/h6,9-10,16-18H,3-5,7-8,11-15H2,1-2H3,(H,25,28). The summed E-state index contributed by atoms with van der Waals surface area (Å²) in [6.07, 6.45) is 8.01. The molecule has 28 heavy (non-hydrogen) atoms. The normalized spacial score (nSPS) is 20.7. The third-order valence-corrected chi connectivity index (χ3v) is 6.36. The van der Waals surface area contributed by atoms with Crippen LogP contribution in [0.1, 0.15) is 63.5 Å². The van der Waals surface area contributed by atoms with E-state index >= 15 is 0 Å². The molecular formula is C22H33F2N3O. The van der Waals surface area contributed by atoms with E-state index < -0.39 is 17.7 Å². The van der Waals surface area contributed by atoms with Crippen molar-refractivity contribution in [2.45, 2.75) is 64.0 Å². The highest BCUT2D eigenvalue weighted by molar-refractivity contribution is 5.75. The Morgan fingerprint density at radius 3 is 2.54 bits per heavy atom. The minimum absolute atomic E-state index is 0.156. The van der Waals surface area contributed by atoms with Crippen LogP contribution in [0.3, 0.4) is 0 Å². The number of hydrogen-bond acceptors (Lipinski definition) is 2. The fourth-order valence-corrected chi connectivity index (χ4v) is 4.55. The zero-order valence-corrected chi connectivity index (χ0v) is 17.1. The SMILES string of the molecule is CC(NC(=O)N(CC1CCCCC1)C1CCN(C)CC1)c1cccc(F)c1F. The van der Waals surface area contributed by atoms with Crippen LogP contribution in [-0.4, -0.2) is 48.6 Å². The molecule has 1 saturated heterocycles. The van der Waals surface area contributed by atoms with E-state index in [1.165, 1.54) is 44.2 Å². The molecule has 1 atom stereocenters. The van der Waals surface area contributed by atoms with Crippen LogP contribution in [0.2, 0.25) is 0 Å². The van der Waals surface area contributed by atoms with E-state index in [9.17, 15) is 13.6 Å². The second-order valence-electron chi connectivity index (χ2n) is 8.51. The zero-order chi connectivity index (χ0) is 20.1. The molecular weight excluding hydrogens is 360 g/mol. The highest BCUT2D eigenvalue weighted by Gasteiger charge is 2.30. The number of amides is 2. The van der Waals surface area contributed by atoms with Gasteiger partial charge in [0, 0.05) is 18.2 Å². The fraction of sp³-hybridized carbons (Fsp3) is 0.682. The average Bonchev–Trinajstić information content (AvgIpc) is 2.69. The third-order valence-electron chi connectivity index (χ3n) is 6.36. The van der Waals surface area contributed by atoms with Crippen LogP contribution in [0.15, 0.2) is 18.2 Å². The molecule has 0 radical (unpaired) electrons. The van der Waals surface area contributed by atoms with Crippen LogP contribution in [0.4, 0.5) is 13.6 Å². The predicted molar refractivity (Wildman–Crippen MR) is 107 cm³/mol. The molecule has 1 aromatic carbocycles. The van der Waals surface area contributed by atoms with Gasteiger partial charge in [0.2, 0.25) is 0 Å². The van der Waals surface area contributed by atoms with E-state index in [-0.39, 0.29) is 17.6 Å². The number of likely N-dealkylation sites (tertiary alicyclic amines) is 1. The van der Waals surface area contributed by atoms with Crippen LogP contribution in [0.25, 0.3) is 0 Å². The number of urea groups is 1. The van der Waals surface area contributed by atoms with Gasteiger partial charge in [-0.3, -0.25) is 0 Å². The molecule has 3 rings (SSSR count). The first kappa shape index (κ1) is 21.0. The molecule has 2 fully saturated rings. The molecule has 1 N–H and O–H groups in total. The molecule has 1 aromatic rings. The first-order valence-corrected chi connectivity index (χ1v) is 10.6. The molecule has 1 heterocycles. The molecule has 0 spiro atoms. The number of nitrogens with one attached hydrogen (secondary N) is 1. The van der Waals surface area contributed by atoms with E-state index in [1.54, 1.807) is 6.92 Å². The monoisotopic (exact) mass is 393 g/mol. The number of halogens is 2. The Hall–Kier alpha value is -1.69. The van der Waals surface area contributed by atoms with Gasteiger partial charge >= 0.3 is 6.03 Å². The fourth-order valence-electron chi connectivity index (χ4n) is 4.55. The summed E-state index contributed by atoms with van der Waals surface area (Å²) in [7, 11) is 2.11.